The maximum Gasteiger partial charge on any atom is 0.325 e. The predicted molar refractivity (Wildman–Crippen MR) is 136 cm³/mol. The van der Waals surface area contributed by atoms with E-state index < -0.39 is 23.5 Å². The topological polar surface area (TPSA) is 91.0 Å². The molecule has 2 fully saturated rings. The van der Waals surface area contributed by atoms with Gasteiger partial charge in [-0.05, 0) is 87.9 Å². The molecule has 2 saturated heterocycles. The molecule has 0 aliphatic carbocycles. The third-order valence-electron chi connectivity index (χ3n) is 6.99. The van der Waals surface area contributed by atoms with Crippen LogP contribution in [0.4, 0.5) is 16.2 Å². The van der Waals surface area contributed by atoms with Gasteiger partial charge in [0, 0.05) is 24.5 Å². The maximum atomic E-state index is 13.2. The number of benzene rings is 2. The minimum atomic E-state index is -1.07. The number of hydrogen-bond donors (Lipinski definition) is 2. The van der Waals surface area contributed by atoms with Crippen LogP contribution >= 0.6 is 0 Å². The number of urea groups is 1. The van der Waals surface area contributed by atoms with Crippen LogP contribution in [0.1, 0.15) is 45.1 Å². The molecule has 8 heteroatoms. The number of carbonyl (C=O) groups excluding carboxylic acids is 3. The van der Waals surface area contributed by atoms with Crippen LogP contribution < -0.4 is 20.3 Å². The first kappa shape index (κ1) is 24.6. The van der Waals surface area contributed by atoms with Gasteiger partial charge in [-0.3, -0.25) is 9.59 Å². The molecule has 35 heavy (non-hydrogen) atoms. The van der Waals surface area contributed by atoms with Crippen LogP contribution in [0.3, 0.4) is 0 Å². The van der Waals surface area contributed by atoms with Crippen LogP contribution in [0.5, 0.6) is 5.75 Å². The zero-order valence-electron chi connectivity index (χ0n) is 20.7. The SMILES string of the molecule is COc1ccc(CC[C@]2(C)NC(=O)N([C@@H](C)C(=O)Nc3ccc(N4CCCCC4)cc3)C2=O)cc1. The lowest BCUT2D eigenvalue weighted by atomic mass is 9.93. The van der Waals surface area contributed by atoms with Gasteiger partial charge in [0.15, 0.2) is 0 Å². The molecule has 4 amide bonds. The summed E-state index contributed by atoms with van der Waals surface area (Å²) in [5.74, 6) is -0.0323. The van der Waals surface area contributed by atoms with Crippen molar-refractivity contribution in [3.63, 3.8) is 0 Å². The molecule has 0 spiro atoms. The van der Waals surface area contributed by atoms with Crippen molar-refractivity contribution in [2.75, 3.05) is 30.4 Å². The largest absolute Gasteiger partial charge is 0.497 e. The second kappa shape index (κ2) is 10.4. The molecule has 2 aliphatic heterocycles. The number of nitrogens with zero attached hydrogens (tertiary/aromatic N) is 2. The number of nitrogens with one attached hydrogen (secondary N) is 2. The van der Waals surface area contributed by atoms with Crippen molar-refractivity contribution in [3.05, 3.63) is 54.1 Å². The van der Waals surface area contributed by atoms with Gasteiger partial charge in [0.05, 0.1) is 7.11 Å². The lowest BCUT2D eigenvalue weighted by molar-refractivity contribution is -0.136. The van der Waals surface area contributed by atoms with E-state index in [-0.39, 0.29) is 5.91 Å². The van der Waals surface area contributed by atoms with Crippen molar-refractivity contribution in [1.29, 1.82) is 0 Å². The number of piperidine rings is 1. The van der Waals surface area contributed by atoms with Gasteiger partial charge in [-0.2, -0.15) is 0 Å². The molecule has 0 radical (unpaired) electrons. The van der Waals surface area contributed by atoms with Gasteiger partial charge in [0.2, 0.25) is 5.91 Å². The summed E-state index contributed by atoms with van der Waals surface area (Å²) in [5, 5.41) is 5.64. The van der Waals surface area contributed by atoms with Crippen molar-refractivity contribution >= 4 is 29.2 Å². The molecular weight excluding hydrogens is 444 g/mol. The van der Waals surface area contributed by atoms with Gasteiger partial charge in [0.1, 0.15) is 17.3 Å². The number of aryl methyl sites for hydroxylation is 1. The lowest BCUT2D eigenvalue weighted by Crippen LogP contribution is -2.48. The highest BCUT2D eigenvalue weighted by atomic mass is 16.5. The summed E-state index contributed by atoms with van der Waals surface area (Å²) in [5.41, 5.74) is 1.74. The Labute approximate surface area is 206 Å². The molecule has 0 aromatic heterocycles. The van der Waals surface area contributed by atoms with Crippen LogP contribution in [0.2, 0.25) is 0 Å². The molecule has 186 valence electrons. The molecule has 2 heterocycles. The minimum absolute atomic E-state index is 0.390. The Morgan fingerprint density at radius 2 is 1.71 bits per heavy atom. The average molecular weight is 479 g/mol. The Kier molecular flexibility index (Phi) is 7.28. The number of methoxy groups -OCH3 is 1. The van der Waals surface area contributed by atoms with E-state index in [2.05, 4.69) is 15.5 Å². The summed E-state index contributed by atoms with van der Waals surface area (Å²) in [7, 11) is 1.61. The summed E-state index contributed by atoms with van der Waals surface area (Å²) >= 11 is 0. The zero-order valence-corrected chi connectivity index (χ0v) is 20.7. The molecule has 0 saturated carbocycles. The molecule has 0 unspecified atom stereocenters. The van der Waals surface area contributed by atoms with E-state index in [1.807, 2.05) is 48.5 Å². The zero-order chi connectivity index (χ0) is 25.0. The highest BCUT2D eigenvalue weighted by molar-refractivity contribution is 6.11. The first-order valence-corrected chi connectivity index (χ1v) is 12.3. The number of ether oxygens (including phenoxy) is 1. The lowest BCUT2D eigenvalue weighted by Gasteiger charge is -2.29. The third-order valence-corrected chi connectivity index (χ3v) is 6.99. The molecule has 8 nitrogen and oxygen atoms in total. The molecule has 2 N–H and O–H groups in total. The average Bonchev–Trinajstić information content (AvgIpc) is 3.11. The van der Waals surface area contributed by atoms with Crippen molar-refractivity contribution in [2.45, 2.75) is 57.5 Å². The fourth-order valence-electron chi connectivity index (χ4n) is 4.69. The van der Waals surface area contributed by atoms with Crippen LogP contribution in [0, 0.1) is 0 Å². The van der Waals surface area contributed by atoms with Gasteiger partial charge in [0.25, 0.3) is 5.91 Å². The number of rotatable bonds is 8. The second-order valence-corrected chi connectivity index (χ2v) is 9.55. The van der Waals surface area contributed by atoms with Gasteiger partial charge in [-0.15, -0.1) is 0 Å². The molecule has 2 aromatic carbocycles. The van der Waals surface area contributed by atoms with E-state index in [4.69, 9.17) is 4.74 Å². The van der Waals surface area contributed by atoms with E-state index in [9.17, 15) is 14.4 Å². The summed E-state index contributed by atoms with van der Waals surface area (Å²) in [6.45, 7) is 5.38. The molecular formula is C27H34N4O4. The van der Waals surface area contributed by atoms with Crippen LogP contribution in [-0.2, 0) is 16.0 Å². The van der Waals surface area contributed by atoms with Gasteiger partial charge in [-0.1, -0.05) is 12.1 Å². The molecule has 2 atom stereocenters. The molecule has 4 rings (SSSR count). The van der Waals surface area contributed by atoms with Crippen molar-refractivity contribution in [3.8, 4) is 5.75 Å². The number of anilines is 2. The van der Waals surface area contributed by atoms with Crippen molar-refractivity contribution in [1.82, 2.24) is 10.2 Å². The first-order chi connectivity index (χ1) is 16.8. The minimum Gasteiger partial charge on any atom is -0.497 e. The van der Waals surface area contributed by atoms with Gasteiger partial charge in [-0.25, -0.2) is 9.69 Å². The molecule has 0 bridgehead atoms. The Hall–Kier alpha value is -3.55. The Morgan fingerprint density at radius 1 is 1.06 bits per heavy atom. The van der Waals surface area contributed by atoms with Crippen molar-refractivity contribution in [2.24, 2.45) is 0 Å². The van der Waals surface area contributed by atoms with Crippen LogP contribution in [-0.4, -0.2) is 54.5 Å². The highest BCUT2D eigenvalue weighted by Crippen LogP contribution is 2.27. The van der Waals surface area contributed by atoms with E-state index in [0.717, 1.165) is 35.0 Å². The predicted octanol–water partition coefficient (Wildman–Crippen LogP) is 3.96. The third kappa shape index (κ3) is 5.42. The summed E-state index contributed by atoms with van der Waals surface area (Å²) in [6, 6.07) is 13.8. The van der Waals surface area contributed by atoms with Crippen LogP contribution in [0.15, 0.2) is 48.5 Å². The number of amides is 4. The number of imide groups is 1. The first-order valence-electron chi connectivity index (χ1n) is 12.3. The summed E-state index contributed by atoms with van der Waals surface area (Å²) in [4.78, 5) is 42.2. The Balaban J connectivity index is 1.36. The second-order valence-electron chi connectivity index (χ2n) is 9.55. The quantitative estimate of drug-likeness (QED) is 0.561. The van der Waals surface area contributed by atoms with Crippen molar-refractivity contribution < 1.29 is 19.1 Å². The van der Waals surface area contributed by atoms with E-state index in [1.54, 1.807) is 21.0 Å². The van der Waals surface area contributed by atoms with Gasteiger partial charge >= 0.3 is 6.03 Å². The number of hydrogen-bond acceptors (Lipinski definition) is 5. The molecule has 2 aliphatic rings. The Morgan fingerprint density at radius 3 is 2.34 bits per heavy atom. The van der Waals surface area contributed by atoms with Gasteiger partial charge < -0.3 is 20.3 Å². The number of carbonyl (C=O) groups is 3. The van der Waals surface area contributed by atoms with Crippen LogP contribution in [0.25, 0.3) is 0 Å². The fourth-order valence-corrected chi connectivity index (χ4v) is 4.69. The highest BCUT2D eigenvalue weighted by Gasteiger charge is 2.50. The molecule has 2 aromatic rings. The van der Waals surface area contributed by atoms with E-state index in [0.29, 0.717) is 18.5 Å². The standard InChI is InChI=1S/C27H34N4O4/c1-19(24(32)28-21-9-11-22(12-10-21)30-17-5-4-6-18-30)31-25(33)27(2,29-26(31)34)16-15-20-7-13-23(35-3)14-8-20/h7-14,19H,4-6,15-18H2,1-3H3,(H,28,32)(H,29,34)/t19-,27-/m0/s1. The van der Waals surface area contributed by atoms with E-state index >= 15 is 0 Å². The normalized spacial score (nSPS) is 21.0. The maximum absolute atomic E-state index is 13.2. The smallest absolute Gasteiger partial charge is 0.325 e. The Bertz CT molecular complexity index is 1060. The fraction of sp³-hybridized carbons (Fsp3) is 0.444. The summed E-state index contributed by atoms with van der Waals surface area (Å²) in [6.07, 6.45) is 4.69. The summed E-state index contributed by atoms with van der Waals surface area (Å²) < 4.78 is 5.18. The monoisotopic (exact) mass is 478 g/mol. The van der Waals surface area contributed by atoms with E-state index in [1.165, 1.54) is 19.3 Å².